The van der Waals surface area contributed by atoms with Crippen molar-refractivity contribution in [3.05, 3.63) is 54.4 Å². The number of pyridine rings is 1. The van der Waals surface area contributed by atoms with Crippen LogP contribution in [-0.2, 0) is 0 Å². The Morgan fingerprint density at radius 1 is 1.10 bits per heavy atom. The molecule has 3 N–H and O–H groups in total. The molecule has 104 valence electrons. The van der Waals surface area contributed by atoms with Crippen LogP contribution in [-0.4, -0.2) is 21.1 Å². The standard InChI is InChI=1S/C14H11N5OS/c15-11-4-2-1-3-10(11)13-18-19-14(21-13)17-12(20)9-5-7-16-8-6-9/h1-8H,15H2,(H,17,19,20). The monoisotopic (exact) mass is 297 g/mol. The Hall–Kier alpha value is -2.80. The lowest BCUT2D eigenvalue weighted by Crippen LogP contribution is -2.11. The molecule has 0 aliphatic carbocycles. The van der Waals surface area contributed by atoms with Gasteiger partial charge in [0.05, 0.1) is 0 Å². The first-order valence-electron chi connectivity index (χ1n) is 6.14. The number of hydrogen-bond donors (Lipinski definition) is 2. The lowest BCUT2D eigenvalue weighted by molar-refractivity contribution is 0.102. The lowest BCUT2D eigenvalue weighted by Gasteiger charge is -2.00. The third-order valence-electron chi connectivity index (χ3n) is 2.78. The third kappa shape index (κ3) is 2.87. The molecule has 3 aromatic rings. The van der Waals surface area contributed by atoms with Crippen molar-refractivity contribution in [2.45, 2.75) is 0 Å². The fraction of sp³-hybridized carbons (Fsp3) is 0. The van der Waals surface area contributed by atoms with Crippen molar-refractivity contribution in [2.75, 3.05) is 11.1 Å². The van der Waals surface area contributed by atoms with Crippen LogP contribution in [0.15, 0.2) is 48.8 Å². The van der Waals surface area contributed by atoms with E-state index < -0.39 is 0 Å². The van der Waals surface area contributed by atoms with Crippen molar-refractivity contribution in [3.8, 4) is 10.6 Å². The second-order valence-electron chi connectivity index (χ2n) is 4.19. The summed E-state index contributed by atoms with van der Waals surface area (Å²) in [6.07, 6.45) is 3.12. The maximum absolute atomic E-state index is 12.0. The molecule has 3 rings (SSSR count). The van der Waals surface area contributed by atoms with Gasteiger partial charge >= 0.3 is 0 Å². The lowest BCUT2D eigenvalue weighted by atomic mass is 10.2. The maximum atomic E-state index is 12.0. The Kier molecular flexibility index (Phi) is 3.57. The average Bonchev–Trinajstić information content (AvgIpc) is 2.97. The molecule has 0 saturated carbocycles. The second kappa shape index (κ2) is 5.68. The van der Waals surface area contributed by atoms with Crippen molar-refractivity contribution in [3.63, 3.8) is 0 Å². The minimum absolute atomic E-state index is 0.249. The zero-order chi connectivity index (χ0) is 14.7. The number of carbonyl (C=O) groups excluding carboxylic acids is 1. The zero-order valence-corrected chi connectivity index (χ0v) is 11.7. The number of hydrogen-bond acceptors (Lipinski definition) is 6. The topological polar surface area (TPSA) is 93.8 Å². The number of nitrogen functional groups attached to an aromatic ring is 1. The molecule has 0 aliphatic heterocycles. The van der Waals surface area contributed by atoms with Crippen LogP contribution in [0, 0.1) is 0 Å². The summed E-state index contributed by atoms with van der Waals surface area (Å²) < 4.78 is 0. The van der Waals surface area contributed by atoms with Crippen LogP contribution in [0.2, 0.25) is 0 Å². The molecule has 6 nitrogen and oxygen atoms in total. The van der Waals surface area contributed by atoms with Crippen molar-refractivity contribution in [2.24, 2.45) is 0 Å². The summed E-state index contributed by atoms with van der Waals surface area (Å²) >= 11 is 1.27. The molecule has 0 bridgehead atoms. The summed E-state index contributed by atoms with van der Waals surface area (Å²) in [4.78, 5) is 15.9. The minimum Gasteiger partial charge on any atom is -0.398 e. The molecule has 0 fully saturated rings. The van der Waals surface area contributed by atoms with Crippen LogP contribution in [0.3, 0.4) is 0 Å². The number of nitrogens with one attached hydrogen (secondary N) is 1. The molecule has 0 spiro atoms. The van der Waals surface area contributed by atoms with Gasteiger partial charge in [-0.15, -0.1) is 10.2 Å². The summed E-state index contributed by atoms with van der Waals surface area (Å²) in [6, 6.07) is 10.7. The molecule has 2 aromatic heterocycles. The highest BCUT2D eigenvalue weighted by atomic mass is 32.1. The third-order valence-corrected chi connectivity index (χ3v) is 3.65. The van der Waals surface area contributed by atoms with Gasteiger partial charge in [0.1, 0.15) is 0 Å². The Labute approximate surface area is 124 Å². The first-order chi connectivity index (χ1) is 10.2. The fourth-order valence-corrected chi connectivity index (χ4v) is 2.53. The van der Waals surface area contributed by atoms with Crippen LogP contribution in [0.5, 0.6) is 0 Å². The predicted molar refractivity (Wildman–Crippen MR) is 81.9 cm³/mol. The highest BCUT2D eigenvalue weighted by Gasteiger charge is 2.12. The summed E-state index contributed by atoms with van der Waals surface area (Å²) in [5.74, 6) is -0.249. The Balaban J connectivity index is 1.80. The quantitative estimate of drug-likeness (QED) is 0.724. The highest BCUT2D eigenvalue weighted by Crippen LogP contribution is 2.30. The smallest absolute Gasteiger partial charge is 0.257 e. The number of rotatable bonds is 3. The number of carbonyl (C=O) groups is 1. The summed E-state index contributed by atoms with van der Waals surface area (Å²) in [7, 11) is 0. The van der Waals surface area contributed by atoms with E-state index in [2.05, 4.69) is 20.5 Å². The van der Waals surface area contributed by atoms with Crippen molar-refractivity contribution in [1.29, 1.82) is 0 Å². The number of nitrogens with zero attached hydrogens (tertiary/aromatic N) is 3. The molecule has 0 unspecified atom stereocenters. The van der Waals surface area contributed by atoms with Gasteiger partial charge in [0.15, 0.2) is 5.01 Å². The van der Waals surface area contributed by atoms with Gasteiger partial charge in [0.25, 0.3) is 5.91 Å². The van der Waals surface area contributed by atoms with Gasteiger partial charge in [-0.3, -0.25) is 15.1 Å². The van der Waals surface area contributed by atoms with Gasteiger partial charge in [-0.25, -0.2) is 0 Å². The van der Waals surface area contributed by atoms with E-state index in [9.17, 15) is 4.79 Å². The van der Waals surface area contributed by atoms with Gasteiger partial charge in [-0.1, -0.05) is 23.5 Å². The molecule has 21 heavy (non-hydrogen) atoms. The van der Waals surface area contributed by atoms with Crippen molar-refractivity contribution in [1.82, 2.24) is 15.2 Å². The van der Waals surface area contributed by atoms with Gasteiger partial charge in [0, 0.05) is 29.2 Å². The van der Waals surface area contributed by atoms with Crippen molar-refractivity contribution >= 4 is 28.1 Å². The largest absolute Gasteiger partial charge is 0.398 e. The Bertz CT molecular complexity index is 772. The molecule has 1 amide bonds. The second-order valence-corrected chi connectivity index (χ2v) is 5.17. The summed E-state index contributed by atoms with van der Waals surface area (Å²) in [5.41, 5.74) is 7.84. The molecule has 0 aliphatic rings. The van der Waals surface area contributed by atoms with Gasteiger partial charge < -0.3 is 5.73 Å². The van der Waals surface area contributed by atoms with E-state index in [0.29, 0.717) is 21.4 Å². The number of nitrogens with two attached hydrogens (primary N) is 1. The molecule has 2 heterocycles. The average molecular weight is 297 g/mol. The first kappa shape index (κ1) is 13.2. The molecule has 0 saturated heterocycles. The molecular formula is C14H11N5OS. The normalized spacial score (nSPS) is 10.3. The predicted octanol–water partition coefficient (Wildman–Crippen LogP) is 2.43. The van der Waals surface area contributed by atoms with Crippen LogP contribution >= 0.6 is 11.3 Å². The van der Waals surface area contributed by atoms with E-state index in [0.717, 1.165) is 5.56 Å². The maximum Gasteiger partial charge on any atom is 0.257 e. The van der Waals surface area contributed by atoms with Gasteiger partial charge in [-0.2, -0.15) is 0 Å². The van der Waals surface area contributed by atoms with Crippen LogP contribution in [0.25, 0.3) is 10.6 Å². The van der Waals surface area contributed by atoms with E-state index in [-0.39, 0.29) is 5.91 Å². The zero-order valence-electron chi connectivity index (χ0n) is 10.9. The summed E-state index contributed by atoms with van der Waals surface area (Å²) in [6.45, 7) is 0. The fourth-order valence-electron chi connectivity index (χ4n) is 1.75. The Morgan fingerprint density at radius 2 is 1.86 bits per heavy atom. The van der Waals surface area contributed by atoms with Crippen LogP contribution < -0.4 is 11.1 Å². The molecule has 7 heteroatoms. The minimum atomic E-state index is -0.249. The van der Waals surface area contributed by atoms with Crippen LogP contribution in [0.1, 0.15) is 10.4 Å². The SMILES string of the molecule is Nc1ccccc1-c1nnc(NC(=O)c2ccncc2)s1. The van der Waals surface area contributed by atoms with E-state index >= 15 is 0 Å². The molecular weight excluding hydrogens is 286 g/mol. The number of benzene rings is 1. The van der Waals surface area contributed by atoms with E-state index in [4.69, 9.17) is 5.73 Å². The number of para-hydroxylation sites is 1. The first-order valence-corrected chi connectivity index (χ1v) is 6.95. The van der Waals surface area contributed by atoms with Gasteiger partial charge in [0.2, 0.25) is 5.13 Å². The highest BCUT2D eigenvalue weighted by molar-refractivity contribution is 7.18. The van der Waals surface area contributed by atoms with Crippen LogP contribution in [0.4, 0.5) is 10.8 Å². The van der Waals surface area contributed by atoms with Gasteiger partial charge in [-0.05, 0) is 24.3 Å². The molecule has 1 aromatic carbocycles. The van der Waals surface area contributed by atoms with E-state index in [1.807, 2.05) is 18.2 Å². The van der Waals surface area contributed by atoms with E-state index in [1.54, 1.807) is 30.6 Å². The van der Waals surface area contributed by atoms with E-state index in [1.165, 1.54) is 11.3 Å². The summed E-state index contributed by atoms with van der Waals surface area (Å²) in [5, 5.41) is 11.8. The number of aromatic nitrogens is 3. The Morgan fingerprint density at radius 3 is 2.62 bits per heavy atom. The molecule has 0 radical (unpaired) electrons. The number of amides is 1. The number of anilines is 2. The molecule has 0 atom stereocenters. The van der Waals surface area contributed by atoms with Crippen molar-refractivity contribution < 1.29 is 4.79 Å².